The molecule has 3 aromatic rings. The van der Waals surface area contributed by atoms with Gasteiger partial charge in [0.2, 0.25) is 0 Å². The zero-order chi connectivity index (χ0) is 25.9. The normalized spacial score (nSPS) is 17.1. The van der Waals surface area contributed by atoms with E-state index in [2.05, 4.69) is 37.6 Å². The van der Waals surface area contributed by atoms with Gasteiger partial charge in [0.25, 0.3) is 5.82 Å². The first-order valence-electron chi connectivity index (χ1n) is 11.9. The van der Waals surface area contributed by atoms with Gasteiger partial charge in [0.15, 0.2) is 5.78 Å². The number of dihydropyridines is 1. The number of allylic oxidation sites excluding steroid dienone is 3. The Bertz CT molecular complexity index is 1460. The highest BCUT2D eigenvalue weighted by molar-refractivity contribution is 9.10. The summed E-state index contributed by atoms with van der Waals surface area (Å²) in [5, 5.41) is 15.2. The van der Waals surface area contributed by atoms with Crippen LogP contribution in [0.5, 0.6) is 5.75 Å². The number of aromatic amines is 1. The van der Waals surface area contributed by atoms with Gasteiger partial charge in [0, 0.05) is 29.5 Å². The van der Waals surface area contributed by atoms with Crippen LogP contribution in [0.2, 0.25) is 0 Å². The first kappa shape index (κ1) is 24.5. The lowest BCUT2D eigenvalue weighted by atomic mass is 9.77. The van der Waals surface area contributed by atoms with Crippen molar-refractivity contribution in [2.24, 2.45) is 0 Å². The SMILES string of the molecule is CC1=C(C(=O)Nc2ccc(Br)c[nH+]2)C(c2ccc(COc3ccc(C#N)cc3)o2)C2=C(CCCC2=O)N1. The van der Waals surface area contributed by atoms with Crippen LogP contribution in [0.15, 0.2) is 86.2 Å². The van der Waals surface area contributed by atoms with Crippen molar-refractivity contribution in [3.05, 3.63) is 98.8 Å². The number of nitrogens with one attached hydrogen (secondary N) is 3. The molecule has 37 heavy (non-hydrogen) atoms. The summed E-state index contributed by atoms with van der Waals surface area (Å²) in [6, 6.07) is 16.1. The van der Waals surface area contributed by atoms with Gasteiger partial charge in [-0.15, -0.1) is 0 Å². The number of amides is 1. The first-order valence-corrected chi connectivity index (χ1v) is 12.7. The van der Waals surface area contributed by atoms with Crippen LogP contribution < -0.4 is 20.4 Å². The molecule has 2 aliphatic rings. The summed E-state index contributed by atoms with van der Waals surface area (Å²) in [4.78, 5) is 29.7. The molecule has 0 saturated carbocycles. The van der Waals surface area contributed by atoms with Crippen LogP contribution in [0, 0.1) is 11.3 Å². The molecule has 5 rings (SSSR count). The number of ketones is 1. The molecule has 0 spiro atoms. The van der Waals surface area contributed by atoms with E-state index in [4.69, 9.17) is 14.4 Å². The lowest BCUT2D eigenvalue weighted by Crippen LogP contribution is -2.36. The van der Waals surface area contributed by atoms with E-state index in [1.165, 1.54) is 0 Å². The number of rotatable bonds is 6. The van der Waals surface area contributed by atoms with Crippen LogP contribution in [0.25, 0.3) is 0 Å². The number of anilines is 1. The molecule has 1 aromatic carbocycles. The summed E-state index contributed by atoms with van der Waals surface area (Å²) in [5.74, 6) is 1.24. The Morgan fingerprint density at radius 1 is 1.22 bits per heavy atom. The summed E-state index contributed by atoms with van der Waals surface area (Å²) in [6.45, 7) is 2.00. The number of ether oxygens (including phenoxy) is 1. The highest BCUT2D eigenvalue weighted by atomic mass is 79.9. The topological polar surface area (TPSA) is 118 Å². The quantitative estimate of drug-likeness (QED) is 0.442. The van der Waals surface area contributed by atoms with E-state index in [1.807, 2.05) is 13.0 Å². The molecule has 3 N–H and O–H groups in total. The number of halogens is 1. The fourth-order valence-electron chi connectivity index (χ4n) is 4.65. The number of furan rings is 1. The molecule has 0 radical (unpaired) electrons. The van der Waals surface area contributed by atoms with Crippen molar-refractivity contribution in [3.8, 4) is 11.8 Å². The van der Waals surface area contributed by atoms with Crippen molar-refractivity contribution in [3.63, 3.8) is 0 Å². The Morgan fingerprint density at radius 2 is 2.03 bits per heavy atom. The molecular formula is C28H24BrN4O4+. The van der Waals surface area contributed by atoms with E-state index in [9.17, 15) is 9.59 Å². The van der Waals surface area contributed by atoms with Crippen LogP contribution in [0.1, 0.15) is 49.2 Å². The first-order chi connectivity index (χ1) is 17.9. The third-order valence-electron chi connectivity index (χ3n) is 6.37. The lowest BCUT2D eigenvalue weighted by molar-refractivity contribution is -0.361. The van der Waals surface area contributed by atoms with Gasteiger partial charge in [0.1, 0.15) is 30.1 Å². The van der Waals surface area contributed by atoms with Gasteiger partial charge >= 0.3 is 5.91 Å². The number of H-pyrrole nitrogens is 1. The number of benzene rings is 1. The van der Waals surface area contributed by atoms with Crippen LogP contribution in [0.4, 0.5) is 5.82 Å². The van der Waals surface area contributed by atoms with E-state index >= 15 is 0 Å². The van der Waals surface area contributed by atoms with Crippen molar-refractivity contribution in [1.29, 1.82) is 5.26 Å². The van der Waals surface area contributed by atoms with E-state index in [0.29, 0.717) is 51.9 Å². The van der Waals surface area contributed by atoms with Crippen molar-refractivity contribution < 1.29 is 23.7 Å². The van der Waals surface area contributed by atoms with Crippen LogP contribution in [-0.4, -0.2) is 11.7 Å². The van der Waals surface area contributed by atoms with Gasteiger partial charge < -0.3 is 14.5 Å². The zero-order valence-corrected chi connectivity index (χ0v) is 21.6. The molecule has 0 bridgehead atoms. The van der Waals surface area contributed by atoms with Crippen molar-refractivity contribution in [1.82, 2.24) is 5.32 Å². The molecule has 1 aliphatic heterocycles. The third kappa shape index (κ3) is 5.20. The fraction of sp³-hybridized carbons (Fsp3) is 0.214. The molecule has 9 heteroatoms. The van der Waals surface area contributed by atoms with Gasteiger partial charge in [0.05, 0.1) is 27.6 Å². The Kier molecular flexibility index (Phi) is 6.93. The molecule has 1 aliphatic carbocycles. The second-order valence-electron chi connectivity index (χ2n) is 8.87. The second kappa shape index (κ2) is 10.4. The van der Waals surface area contributed by atoms with Gasteiger partial charge in [-0.25, -0.2) is 15.1 Å². The smallest absolute Gasteiger partial charge is 0.337 e. The molecular weight excluding hydrogens is 536 g/mol. The molecule has 1 unspecified atom stereocenters. The Hall–Kier alpha value is -4.16. The van der Waals surface area contributed by atoms with Crippen LogP contribution in [0.3, 0.4) is 0 Å². The van der Waals surface area contributed by atoms with E-state index in [-0.39, 0.29) is 18.3 Å². The maximum Gasteiger partial charge on any atom is 0.337 e. The summed E-state index contributed by atoms with van der Waals surface area (Å²) in [5.41, 5.74) is 3.08. The number of hydrogen-bond acceptors (Lipinski definition) is 6. The molecule has 0 fully saturated rings. The van der Waals surface area contributed by atoms with Gasteiger partial charge in [-0.1, -0.05) is 0 Å². The van der Waals surface area contributed by atoms with Gasteiger partial charge in [-0.05, 0) is 78.2 Å². The highest BCUT2D eigenvalue weighted by Crippen LogP contribution is 2.43. The summed E-state index contributed by atoms with van der Waals surface area (Å²) in [7, 11) is 0. The minimum absolute atomic E-state index is 0.0125. The Balaban J connectivity index is 1.44. The number of nitriles is 1. The fourth-order valence-corrected chi connectivity index (χ4v) is 4.90. The average molecular weight is 560 g/mol. The summed E-state index contributed by atoms with van der Waals surface area (Å²) < 4.78 is 12.8. The van der Waals surface area contributed by atoms with E-state index in [0.717, 1.165) is 23.0 Å². The number of hydrogen-bond donors (Lipinski definition) is 2. The molecule has 3 heterocycles. The van der Waals surface area contributed by atoms with E-state index in [1.54, 1.807) is 48.7 Å². The Labute approximate surface area is 222 Å². The van der Waals surface area contributed by atoms with Crippen molar-refractivity contribution in [2.45, 2.75) is 38.7 Å². The number of carbonyl (C=O) groups is 2. The maximum atomic E-state index is 13.5. The minimum Gasteiger partial charge on any atom is -0.486 e. The monoisotopic (exact) mass is 559 g/mol. The number of aromatic nitrogens is 1. The number of carbonyl (C=O) groups excluding carboxylic acids is 2. The predicted molar refractivity (Wildman–Crippen MR) is 138 cm³/mol. The third-order valence-corrected chi connectivity index (χ3v) is 6.87. The van der Waals surface area contributed by atoms with Crippen LogP contribution in [-0.2, 0) is 16.2 Å². The average Bonchev–Trinajstić information content (AvgIpc) is 3.37. The standard InChI is InChI=1S/C28H23BrN4O4/c1-16-25(28(35)33-24-12-7-18(29)14-31-24)27(26-21(32-16)3-2-4-22(26)34)23-11-10-20(37-23)15-36-19-8-5-17(13-30)6-9-19/h5-12,14,27,32H,2-4,15H2,1H3,(H,31,33,35)/p+1. The number of pyridine rings is 1. The highest BCUT2D eigenvalue weighted by Gasteiger charge is 2.41. The molecule has 8 nitrogen and oxygen atoms in total. The second-order valence-corrected chi connectivity index (χ2v) is 9.78. The molecule has 1 amide bonds. The summed E-state index contributed by atoms with van der Waals surface area (Å²) >= 11 is 3.38. The van der Waals surface area contributed by atoms with Crippen LogP contribution >= 0.6 is 15.9 Å². The molecule has 2 aromatic heterocycles. The molecule has 186 valence electrons. The number of Topliss-reactive ketones (excluding diaryl/α,β-unsaturated/α-hetero) is 1. The van der Waals surface area contributed by atoms with E-state index < -0.39 is 5.92 Å². The largest absolute Gasteiger partial charge is 0.486 e. The zero-order valence-electron chi connectivity index (χ0n) is 20.1. The predicted octanol–water partition coefficient (Wildman–Crippen LogP) is 4.91. The van der Waals surface area contributed by atoms with Crippen molar-refractivity contribution in [2.75, 3.05) is 5.32 Å². The van der Waals surface area contributed by atoms with Gasteiger partial charge in [-0.2, -0.15) is 5.26 Å². The number of nitrogens with zero attached hydrogens (tertiary/aromatic N) is 1. The molecule has 0 saturated heterocycles. The maximum absolute atomic E-state index is 13.5. The minimum atomic E-state index is -0.636. The van der Waals surface area contributed by atoms with Crippen molar-refractivity contribution >= 4 is 33.4 Å². The molecule has 1 atom stereocenters. The van der Waals surface area contributed by atoms with Gasteiger partial charge in [-0.3, -0.25) is 4.79 Å². The summed E-state index contributed by atoms with van der Waals surface area (Å²) in [6.07, 6.45) is 3.66. The lowest BCUT2D eigenvalue weighted by Gasteiger charge is -2.32. The Morgan fingerprint density at radius 3 is 2.76 bits per heavy atom.